The summed E-state index contributed by atoms with van der Waals surface area (Å²) >= 11 is 0. The van der Waals surface area contributed by atoms with E-state index in [1.807, 2.05) is 0 Å². The Morgan fingerprint density at radius 1 is 0.909 bits per heavy atom. The van der Waals surface area contributed by atoms with E-state index in [2.05, 4.69) is 15.3 Å². The summed E-state index contributed by atoms with van der Waals surface area (Å²) in [5, 5.41) is 2.81. The summed E-state index contributed by atoms with van der Waals surface area (Å²) < 4.78 is 24.4. The zero-order valence-electron chi connectivity index (χ0n) is 17.6. The van der Waals surface area contributed by atoms with E-state index in [-0.39, 0.29) is 11.7 Å². The number of hydrogen-bond donors (Lipinski definition) is 2. The van der Waals surface area contributed by atoms with E-state index >= 15 is 0 Å². The van der Waals surface area contributed by atoms with Crippen molar-refractivity contribution in [3.63, 3.8) is 0 Å². The van der Waals surface area contributed by atoms with Crippen molar-refractivity contribution in [1.29, 1.82) is 0 Å². The van der Waals surface area contributed by atoms with E-state index < -0.39 is 0 Å². The number of ether oxygens (including phenoxy) is 2. The Balaban J connectivity index is 1.28. The maximum absolute atomic E-state index is 13.0. The van der Waals surface area contributed by atoms with Gasteiger partial charge >= 0.3 is 0 Å². The molecule has 33 heavy (non-hydrogen) atoms. The molecule has 0 aliphatic carbocycles. The summed E-state index contributed by atoms with van der Waals surface area (Å²) in [5.74, 6) is 1.45. The number of anilines is 1. The van der Waals surface area contributed by atoms with E-state index in [9.17, 15) is 9.18 Å². The van der Waals surface area contributed by atoms with Crippen molar-refractivity contribution in [1.82, 2.24) is 15.3 Å². The van der Waals surface area contributed by atoms with Crippen molar-refractivity contribution >= 4 is 11.7 Å². The first-order chi connectivity index (χ1) is 16.0. The summed E-state index contributed by atoms with van der Waals surface area (Å²) in [5.41, 5.74) is 7.78. The number of carbonyl (C=O) groups is 1. The van der Waals surface area contributed by atoms with Gasteiger partial charge in [0.15, 0.2) is 0 Å². The summed E-state index contributed by atoms with van der Waals surface area (Å²) in [6.07, 6.45) is 3.04. The lowest BCUT2D eigenvalue weighted by Crippen LogP contribution is -2.23. The zero-order valence-corrected chi connectivity index (χ0v) is 17.6. The van der Waals surface area contributed by atoms with Gasteiger partial charge in [0.25, 0.3) is 5.91 Å². The van der Waals surface area contributed by atoms with Crippen LogP contribution < -0.4 is 20.5 Å². The Hall–Kier alpha value is -4.46. The summed E-state index contributed by atoms with van der Waals surface area (Å²) in [4.78, 5) is 20.4. The van der Waals surface area contributed by atoms with Crippen molar-refractivity contribution < 1.29 is 18.7 Å². The Labute approximate surface area is 190 Å². The van der Waals surface area contributed by atoms with Crippen LogP contribution in [-0.2, 0) is 13.2 Å². The van der Waals surface area contributed by atoms with Gasteiger partial charge in [-0.25, -0.2) is 14.4 Å². The molecule has 166 valence electrons. The van der Waals surface area contributed by atoms with Crippen molar-refractivity contribution in [2.45, 2.75) is 13.2 Å². The molecule has 0 radical (unpaired) electrons. The fourth-order valence-corrected chi connectivity index (χ4v) is 2.94. The molecule has 2 heterocycles. The number of aromatic nitrogens is 2. The van der Waals surface area contributed by atoms with Gasteiger partial charge in [-0.15, -0.1) is 0 Å². The predicted molar refractivity (Wildman–Crippen MR) is 121 cm³/mol. The molecular formula is C25H21FN4O3. The molecule has 3 N–H and O–H groups in total. The number of rotatable bonds is 8. The third kappa shape index (κ3) is 6.27. The molecule has 2 aromatic carbocycles. The summed E-state index contributed by atoms with van der Waals surface area (Å²) in [6.45, 7) is 0.666. The molecule has 0 fully saturated rings. The number of nitrogens with two attached hydrogens (primary N) is 1. The van der Waals surface area contributed by atoms with Crippen LogP contribution in [0.4, 0.5) is 10.2 Å². The van der Waals surface area contributed by atoms with Gasteiger partial charge in [0.05, 0.1) is 5.56 Å². The van der Waals surface area contributed by atoms with E-state index in [0.29, 0.717) is 41.9 Å². The fraction of sp³-hybridized carbons (Fsp3) is 0.0800. The first kappa shape index (κ1) is 21.8. The minimum Gasteiger partial charge on any atom is -0.489 e. The zero-order chi connectivity index (χ0) is 23.0. The van der Waals surface area contributed by atoms with Crippen LogP contribution in [0.3, 0.4) is 0 Å². The maximum atomic E-state index is 13.0. The second-order valence-corrected chi connectivity index (χ2v) is 7.15. The Bertz CT molecular complexity index is 1210. The van der Waals surface area contributed by atoms with Gasteiger partial charge in [0.1, 0.15) is 29.7 Å². The average Bonchev–Trinajstić information content (AvgIpc) is 2.84. The van der Waals surface area contributed by atoms with Crippen LogP contribution in [0.25, 0.3) is 0 Å². The van der Waals surface area contributed by atoms with E-state index in [1.54, 1.807) is 66.9 Å². The molecule has 7 nitrogen and oxygen atoms in total. The van der Waals surface area contributed by atoms with Crippen molar-refractivity contribution in [3.05, 3.63) is 108 Å². The molecule has 0 aliphatic rings. The highest BCUT2D eigenvalue weighted by Crippen LogP contribution is 2.23. The van der Waals surface area contributed by atoms with Gasteiger partial charge in [-0.2, -0.15) is 0 Å². The third-order valence-corrected chi connectivity index (χ3v) is 4.66. The molecule has 0 bridgehead atoms. The first-order valence-corrected chi connectivity index (χ1v) is 10.1. The lowest BCUT2D eigenvalue weighted by atomic mass is 10.2. The number of nitrogen functional groups attached to an aromatic ring is 1. The highest BCUT2D eigenvalue weighted by atomic mass is 19.1. The van der Waals surface area contributed by atoms with Gasteiger partial charge in [-0.05, 0) is 65.7 Å². The smallest absolute Gasteiger partial charge is 0.253 e. The topological polar surface area (TPSA) is 99.4 Å². The van der Waals surface area contributed by atoms with Crippen LogP contribution in [0.2, 0.25) is 0 Å². The first-order valence-electron chi connectivity index (χ1n) is 10.1. The molecule has 0 unspecified atom stereocenters. The van der Waals surface area contributed by atoms with Crippen molar-refractivity contribution in [3.8, 4) is 17.4 Å². The molecule has 8 heteroatoms. The van der Waals surface area contributed by atoms with Gasteiger partial charge in [0, 0.05) is 25.0 Å². The molecule has 0 atom stereocenters. The number of nitrogens with zero attached hydrogens (tertiary/aromatic N) is 2. The van der Waals surface area contributed by atoms with Crippen LogP contribution in [0.5, 0.6) is 17.4 Å². The molecule has 4 rings (SSSR count). The molecule has 0 spiro atoms. The fourth-order valence-electron chi connectivity index (χ4n) is 2.94. The number of benzene rings is 2. The predicted octanol–water partition coefficient (Wildman–Crippen LogP) is 4.50. The maximum Gasteiger partial charge on any atom is 0.253 e. The minimum atomic E-state index is -0.280. The van der Waals surface area contributed by atoms with Gasteiger partial charge in [-0.3, -0.25) is 4.79 Å². The number of carbonyl (C=O) groups excluding carboxylic acids is 1. The van der Waals surface area contributed by atoms with Gasteiger partial charge in [-0.1, -0.05) is 12.1 Å². The lowest BCUT2D eigenvalue weighted by molar-refractivity contribution is 0.0950. The normalized spacial score (nSPS) is 10.5. The highest BCUT2D eigenvalue weighted by Gasteiger charge is 2.08. The molecule has 4 aromatic rings. The largest absolute Gasteiger partial charge is 0.489 e. The average molecular weight is 444 g/mol. The van der Waals surface area contributed by atoms with Crippen molar-refractivity contribution in [2.75, 3.05) is 5.73 Å². The Morgan fingerprint density at radius 3 is 2.36 bits per heavy atom. The molecule has 2 aromatic heterocycles. The Morgan fingerprint density at radius 2 is 1.67 bits per heavy atom. The Kier molecular flexibility index (Phi) is 6.75. The second-order valence-electron chi connectivity index (χ2n) is 7.15. The summed E-state index contributed by atoms with van der Waals surface area (Å²) in [7, 11) is 0. The van der Waals surface area contributed by atoms with Gasteiger partial charge < -0.3 is 20.5 Å². The third-order valence-electron chi connectivity index (χ3n) is 4.66. The van der Waals surface area contributed by atoms with Crippen LogP contribution in [-0.4, -0.2) is 15.9 Å². The van der Waals surface area contributed by atoms with E-state index in [0.717, 1.165) is 11.1 Å². The van der Waals surface area contributed by atoms with Crippen LogP contribution >= 0.6 is 0 Å². The number of nitrogens with one attached hydrogen (secondary N) is 1. The van der Waals surface area contributed by atoms with E-state index in [1.165, 1.54) is 18.3 Å². The van der Waals surface area contributed by atoms with Crippen LogP contribution in [0, 0.1) is 5.82 Å². The highest BCUT2D eigenvalue weighted by molar-refractivity contribution is 5.93. The van der Waals surface area contributed by atoms with Crippen LogP contribution in [0.15, 0.2) is 85.2 Å². The molecule has 1 amide bonds. The number of pyridine rings is 2. The number of amides is 1. The molecule has 0 saturated carbocycles. The van der Waals surface area contributed by atoms with Gasteiger partial charge in [0.2, 0.25) is 5.88 Å². The quantitative estimate of drug-likeness (QED) is 0.415. The lowest BCUT2D eigenvalue weighted by Gasteiger charge is -2.09. The molecule has 0 saturated heterocycles. The second kappa shape index (κ2) is 10.2. The monoisotopic (exact) mass is 444 g/mol. The summed E-state index contributed by atoms with van der Waals surface area (Å²) in [6, 6.07) is 19.9. The standard InChI is InChI=1S/C25H21FN4O3/c26-20-4-1-17(2-5-20)16-32-21-6-8-22(9-7-21)33-24-10-3-19(15-29-24)25(31)30-14-18-11-12-28-23(27)13-18/h1-13,15H,14,16H2,(H2,27,28)(H,30,31). The number of halogens is 1. The van der Waals surface area contributed by atoms with Crippen LogP contribution in [0.1, 0.15) is 21.5 Å². The van der Waals surface area contributed by atoms with E-state index in [4.69, 9.17) is 15.2 Å². The molecular weight excluding hydrogens is 423 g/mol. The SMILES string of the molecule is Nc1cc(CNC(=O)c2ccc(Oc3ccc(OCc4ccc(F)cc4)cc3)nc2)ccn1. The minimum absolute atomic E-state index is 0.257. The number of hydrogen-bond acceptors (Lipinski definition) is 6. The van der Waals surface area contributed by atoms with Crippen molar-refractivity contribution in [2.24, 2.45) is 0 Å². The molecule has 0 aliphatic heterocycles.